The molecule has 0 amide bonds. The van der Waals surface area contributed by atoms with Crippen LogP contribution in [0.4, 0.5) is 0 Å². The molecular weight excluding hydrogens is 270 g/mol. The maximum Gasteiger partial charge on any atom is 0.112 e. The number of aliphatic hydroxyl groups excluding tert-OH is 1. The van der Waals surface area contributed by atoms with Crippen LogP contribution in [0.25, 0.3) is 0 Å². The fourth-order valence-electron chi connectivity index (χ4n) is 2.21. The third-order valence-corrected chi connectivity index (χ3v) is 3.65. The minimum atomic E-state index is -0.484. The van der Waals surface area contributed by atoms with Gasteiger partial charge in [-0.1, -0.05) is 0 Å². The predicted molar refractivity (Wildman–Crippen MR) is 66.3 cm³/mol. The van der Waals surface area contributed by atoms with E-state index in [0.717, 1.165) is 29.6 Å². The van der Waals surface area contributed by atoms with Crippen molar-refractivity contribution < 1.29 is 5.11 Å². The third-order valence-electron chi connectivity index (χ3n) is 3.04. The molecule has 4 nitrogen and oxygen atoms in total. The maximum absolute atomic E-state index is 10.4. The van der Waals surface area contributed by atoms with Crippen molar-refractivity contribution in [1.82, 2.24) is 15.1 Å². The lowest BCUT2D eigenvalue weighted by Crippen LogP contribution is -2.30. The molecule has 2 atom stereocenters. The van der Waals surface area contributed by atoms with Crippen LogP contribution in [-0.4, -0.2) is 27.5 Å². The van der Waals surface area contributed by atoms with Crippen LogP contribution in [-0.2, 0) is 0 Å². The van der Waals surface area contributed by atoms with E-state index < -0.39 is 6.10 Å². The van der Waals surface area contributed by atoms with Gasteiger partial charge in [0.1, 0.15) is 6.10 Å². The van der Waals surface area contributed by atoms with Crippen LogP contribution in [0.15, 0.2) is 10.7 Å². The highest BCUT2D eigenvalue weighted by Gasteiger charge is 2.29. The third kappa shape index (κ3) is 2.17. The van der Waals surface area contributed by atoms with Gasteiger partial charge in [-0.15, -0.1) is 0 Å². The van der Waals surface area contributed by atoms with E-state index in [2.05, 4.69) is 40.2 Å². The van der Waals surface area contributed by atoms with Gasteiger partial charge in [0.05, 0.1) is 16.4 Å². The standard InChI is InChI=1S/C11H18BrN3O/c1-7(2)15-10(8(12)6-14-15)11(16)9-4-3-5-13-9/h6-7,9,11,13,16H,3-5H2,1-2H3. The Balaban J connectivity index is 2.27. The Morgan fingerprint density at radius 1 is 1.62 bits per heavy atom. The van der Waals surface area contributed by atoms with E-state index in [1.54, 1.807) is 6.20 Å². The summed E-state index contributed by atoms with van der Waals surface area (Å²) < 4.78 is 2.77. The highest BCUT2D eigenvalue weighted by atomic mass is 79.9. The summed E-state index contributed by atoms with van der Waals surface area (Å²) in [6, 6.07) is 0.419. The Hall–Kier alpha value is -0.390. The lowest BCUT2D eigenvalue weighted by atomic mass is 10.1. The predicted octanol–water partition coefficient (Wildman–Crippen LogP) is 2.01. The van der Waals surface area contributed by atoms with Crippen LogP contribution in [0, 0.1) is 0 Å². The van der Waals surface area contributed by atoms with Gasteiger partial charge in [-0.25, -0.2) is 0 Å². The highest BCUT2D eigenvalue weighted by Crippen LogP contribution is 2.30. The first-order valence-electron chi connectivity index (χ1n) is 5.75. The molecule has 2 N–H and O–H groups in total. The zero-order valence-corrected chi connectivity index (χ0v) is 11.2. The van der Waals surface area contributed by atoms with Gasteiger partial charge in [0.15, 0.2) is 0 Å². The van der Waals surface area contributed by atoms with Crippen molar-refractivity contribution in [3.05, 3.63) is 16.4 Å². The number of rotatable bonds is 3. The molecule has 0 aromatic carbocycles. The van der Waals surface area contributed by atoms with Crippen LogP contribution in [0.1, 0.15) is 44.5 Å². The number of halogens is 1. The molecule has 0 spiro atoms. The number of aliphatic hydroxyl groups is 1. The Morgan fingerprint density at radius 3 is 2.94 bits per heavy atom. The molecule has 0 radical (unpaired) electrons. The topological polar surface area (TPSA) is 50.1 Å². The summed E-state index contributed by atoms with van der Waals surface area (Å²) in [5.41, 5.74) is 0.884. The molecule has 90 valence electrons. The summed E-state index contributed by atoms with van der Waals surface area (Å²) in [5.74, 6) is 0. The van der Waals surface area contributed by atoms with E-state index in [1.807, 2.05) is 4.68 Å². The first-order chi connectivity index (χ1) is 7.61. The van der Waals surface area contributed by atoms with Gasteiger partial charge in [0, 0.05) is 12.1 Å². The van der Waals surface area contributed by atoms with Crippen LogP contribution < -0.4 is 5.32 Å². The zero-order chi connectivity index (χ0) is 11.7. The lowest BCUT2D eigenvalue weighted by molar-refractivity contribution is 0.125. The Labute approximate surface area is 104 Å². The summed E-state index contributed by atoms with van der Waals surface area (Å²) in [5, 5.41) is 18.0. The molecule has 1 aromatic rings. The second kappa shape index (κ2) is 4.85. The Morgan fingerprint density at radius 2 is 2.38 bits per heavy atom. The summed E-state index contributed by atoms with van der Waals surface area (Å²) in [7, 11) is 0. The van der Waals surface area contributed by atoms with Crippen molar-refractivity contribution >= 4 is 15.9 Å². The van der Waals surface area contributed by atoms with Crippen molar-refractivity contribution in [2.45, 2.75) is 44.9 Å². The fourth-order valence-corrected chi connectivity index (χ4v) is 2.72. The lowest BCUT2D eigenvalue weighted by Gasteiger charge is -2.21. The second-order valence-corrected chi connectivity index (χ2v) is 5.42. The van der Waals surface area contributed by atoms with Gasteiger partial charge in [-0.3, -0.25) is 4.68 Å². The smallest absolute Gasteiger partial charge is 0.112 e. The van der Waals surface area contributed by atoms with Gasteiger partial charge >= 0.3 is 0 Å². The van der Waals surface area contributed by atoms with Gasteiger partial charge in [-0.2, -0.15) is 5.10 Å². The molecule has 2 rings (SSSR count). The van der Waals surface area contributed by atoms with Gasteiger partial charge in [0.2, 0.25) is 0 Å². The average Bonchev–Trinajstić information content (AvgIpc) is 2.84. The largest absolute Gasteiger partial charge is 0.385 e. The summed E-state index contributed by atoms with van der Waals surface area (Å²) in [6.07, 6.45) is 3.43. The Kier molecular flexibility index (Phi) is 3.66. The number of nitrogens with one attached hydrogen (secondary N) is 1. The van der Waals surface area contributed by atoms with Crippen LogP contribution in [0.2, 0.25) is 0 Å². The van der Waals surface area contributed by atoms with Crippen molar-refractivity contribution in [2.75, 3.05) is 6.54 Å². The van der Waals surface area contributed by atoms with Gasteiger partial charge in [0.25, 0.3) is 0 Å². The number of nitrogens with zero attached hydrogens (tertiary/aromatic N) is 2. The summed E-state index contributed by atoms with van der Waals surface area (Å²) in [4.78, 5) is 0. The number of hydrogen-bond donors (Lipinski definition) is 2. The van der Waals surface area contributed by atoms with Crippen LogP contribution >= 0.6 is 15.9 Å². The summed E-state index contributed by atoms with van der Waals surface area (Å²) in [6.45, 7) is 5.13. The molecule has 5 heteroatoms. The molecule has 1 aromatic heterocycles. The number of hydrogen-bond acceptors (Lipinski definition) is 3. The monoisotopic (exact) mass is 287 g/mol. The van der Waals surface area contributed by atoms with Gasteiger partial charge in [-0.05, 0) is 49.2 Å². The quantitative estimate of drug-likeness (QED) is 0.894. The minimum absolute atomic E-state index is 0.158. The fraction of sp³-hybridized carbons (Fsp3) is 0.727. The molecule has 0 aliphatic carbocycles. The number of aromatic nitrogens is 2. The zero-order valence-electron chi connectivity index (χ0n) is 9.65. The van der Waals surface area contributed by atoms with Crippen molar-refractivity contribution in [1.29, 1.82) is 0 Å². The average molecular weight is 288 g/mol. The van der Waals surface area contributed by atoms with E-state index >= 15 is 0 Å². The van der Waals surface area contributed by atoms with Crippen molar-refractivity contribution in [2.24, 2.45) is 0 Å². The van der Waals surface area contributed by atoms with Crippen molar-refractivity contribution in [3.8, 4) is 0 Å². The molecule has 0 bridgehead atoms. The van der Waals surface area contributed by atoms with Gasteiger partial charge < -0.3 is 10.4 Å². The first-order valence-corrected chi connectivity index (χ1v) is 6.55. The molecule has 1 fully saturated rings. The normalized spacial score (nSPS) is 22.9. The second-order valence-electron chi connectivity index (χ2n) is 4.56. The molecule has 2 unspecified atom stereocenters. The molecule has 1 aliphatic heterocycles. The molecule has 16 heavy (non-hydrogen) atoms. The molecular formula is C11H18BrN3O. The van der Waals surface area contributed by atoms with E-state index in [4.69, 9.17) is 0 Å². The van der Waals surface area contributed by atoms with E-state index in [0.29, 0.717) is 0 Å². The molecule has 1 saturated heterocycles. The summed E-state index contributed by atoms with van der Waals surface area (Å²) >= 11 is 3.46. The molecule has 1 aliphatic rings. The Bertz CT molecular complexity index is 358. The van der Waals surface area contributed by atoms with E-state index in [1.165, 1.54) is 0 Å². The minimum Gasteiger partial charge on any atom is -0.385 e. The van der Waals surface area contributed by atoms with E-state index in [-0.39, 0.29) is 12.1 Å². The van der Waals surface area contributed by atoms with E-state index in [9.17, 15) is 5.11 Å². The molecule has 0 saturated carbocycles. The SMILES string of the molecule is CC(C)n1ncc(Br)c1C(O)C1CCCN1. The highest BCUT2D eigenvalue weighted by molar-refractivity contribution is 9.10. The first kappa shape index (κ1) is 12.1. The maximum atomic E-state index is 10.4. The molecule has 2 heterocycles. The van der Waals surface area contributed by atoms with Crippen molar-refractivity contribution in [3.63, 3.8) is 0 Å². The van der Waals surface area contributed by atoms with Crippen LogP contribution in [0.3, 0.4) is 0 Å². The van der Waals surface area contributed by atoms with Crippen LogP contribution in [0.5, 0.6) is 0 Å².